The lowest BCUT2D eigenvalue weighted by molar-refractivity contribution is -0.119. The van der Waals surface area contributed by atoms with Crippen molar-refractivity contribution in [2.75, 3.05) is 5.33 Å². The Bertz CT molecular complexity index is 310. The number of hydrogen-bond acceptors (Lipinski definition) is 1. The Kier molecular flexibility index (Phi) is 4.62. The maximum Gasteiger partial charge on any atom is 0.231 e. The second-order valence-corrected chi connectivity index (χ2v) is 4.45. The van der Waals surface area contributed by atoms with Crippen LogP contribution in [0.25, 0.3) is 0 Å². The lowest BCUT2D eigenvalue weighted by Gasteiger charge is -2.13. The molecule has 1 rings (SSSR count). The number of rotatable bonds is 3. The molecule has 1 aromatic rings. The molecule has 0 radical (unpaired) electrons. The summed E-state index contributed by atoms with van der Waals surface area (Å²) >= 11 is 6.47. The summed E-state index contributed by atoms with van der Waals surface area (Å²) in [5.74, 6) is 0.000388. The van der Waals surface area contributed by atoms with Gasteiger partial charge >= 0.3 is 0 Å². The molecule has 0 heterocycles. The van der Waals surface area contributed by atoms with Crippen molar-refractivity contribution in [2.45, 2.75) is 13.0 Å². The fraction of sp³-hybridized carbons (Fsp3) is 0.300. The summed E-state index contributed by atoms with van der Waals surface area (Å²) < 4.78 is 1.04. The van der Waals surface area contributed by atoms with Gasteiger partial charge in [0.25, 0.3) is 0 Å². The standard InChI is InChI=1S/C10H11Br2NO/c1-7(13-10(14)6-11)8-2-4-9(12)5-3-8/h2-5,7H,6H2,1H3,(H,13,14). The smallest absolute Gasteiger partial charge is 0.231 e. The predicted octanol–water partition coefficient (Wildman–Crippen LogP) is 3.02. The van der Waals surface area contributed by atoms with Crippen LogP contribution in [-0.2, 0) is 4.79 Å². The molecule has 0 aliphatic carbocycles. The highest BCUT2D eigenvalue weighted by molar-refractivity contribution is 9.10. The van der Waals surface area contributed by atoms with Crippen molar-refractivity contribution in [1.29, 1.82) is 0 Å². The minimum absolute atomic E-state index is 0.000388. The third kappa shape index (κ3) is 3.42. The number of alkyl halides is 1. The van der Waals surface area contributed by atoms with E-state index in [0.29, 0.717) is 5.33 Å². The summed E-state index contributed by atoms with van der Waals surface area (Å²) in [7, 11) is 0. The van der Waals surface area contributed by atoms with Gasteiger partial charge in [0.15, 0.2) is 0 Å². The molecular weight excluding hydrogens is 310 g/mol. The van der Waals surface area contributed by atoms with Crippen molar-refractivity contribution >= 4 is 37.8 Å². The van der Waals surface area contributed by atoms with Gasteiger partial charge in [-0.1, -0.05) is 44.0 Å². The van der Waals surface area contributed by atoms with Gasteiger partial charge in [0.1, 0.15) is 0 Å². The molecule has 0 saturated heterocycles. The maximum absolute atomic E-state index is 11.1. The van der Waals surface area contributed by atoms with Crippen LogP contribution in [0.2, 0.25) is 0 Å². The molecule has 2 nitrogen and oxygen atoms in total. The third-order valence-corrected chi connectivity index (χ3v) is 2.91. The van der Waals surface area contributed by atoms with Gasteiger partial charge in [-0.25, -0.2) is 0 Å². The average Bonchev–Trinajstić information content (AvgIpc) is 2.18. The number of hydrogen-bond donors (Lipinski definition) is 1. The molecule has 0 saturated carbocycles. The third-order valence-electron chi connectivity index (χ3n) is 1.87. The van der Waals surface area contributed by atoms with Crippen LogP contribution >= 0.6 is 31.9 Å². The molecule has 1 aromatic carbocycles. The largest absolute Gasteiger partial charge is 0.349 e. The van der Waals surface area contributed by atoms with Crippen molar-refractivity contribution in [3.63, 3.8) is 0 Å². The van der Waals surface area contributed by atoms with E-state index in [9.17, 15) is 4.79 Å². The zero-order valence-corrected chi connectivity index (χ0v) is 10.9. The molecule has 1 N–H and O–H groups in total. The van der Waals surface area contributed by atoms with Crippen LogP contribution in [0.4, 0.5) is 0 Å². The molecule has 1 atom stereocenters. The highest BCUT2D eigenvalue weighted by Crippen LogP contribution is 2.16. The van der Waals surface area contributed by atoms with E-state index in [1.54, 1.807) is 0 Å². The van der Waals surface area contributed by atoms with Crippen LogP contribution in [0, 0.1) is 0 Å². The lowest BCUT2D eigenvalue weighted by Crippen LogP contribution is -2.27. The molecule has 0 aromatic heterocycles. The number of nitrogens with one attached hydrogen (secondary N) is 1. The van der Waals surface area contributed by atoms with Crippen LogP contribution < -0.4 is 5.32 Å². The fourth-order valence-electron chi connectivity index (χ4n) is 1.11. The summed E-state index contributed by atoms with van der Waals surface area (Å²) in [6, 6.07) is 7.96. The van der Waals surface area contributed by atoms with Crippen LogP contribution in [0.3, 0.4) is 0 Å². The second-order valence-electron chi connectivity index (χ2n) is 2.97. The van der Waals surface area contributed by atoms with Crippen molar-refractivity contribution in [1.82, 2.24) is 5.32 Å². The van der Waals surface area contributed by atoms with E-state index in [4.69, 9.17) is 0 Å². The SMILES string of the molecule is CC(NC(=O)CBr)c1ccc(Br)cc1. The number of benzene rings is 1. The first-order valence-electron chi connectivity index (χ1n) is 4.24. The molecule has 0 fully saturated rings. The van der Waals surface area contributed by atoms with Crippen LogP contribution in [0.5, 0.6) is 0 Å². The Balaban J connectivity index is 2.65. The first-order valence-corrected chi connectivity index (χ1v) is 6.15. The van der Waals surface area contributed by atoms with E-state index in [0.717, 1.165) is 10.0 Å². The molecule has 1 amide bonds. The predicted molar refractivity (Wildman–Crippen MR) is 64.5 cm³/mol. The molecule has 76 valence electrons. The summed E-state index contributed by atoms with van der Waals surface area (Å²) in [5.41, 5.74) is 1.10. The zero-order valence-electron chi connectivity index (χ0n) is 7.76. The van der Waals surface area contributed by atoms with Crippen molar-refractivity contribution in [2.24, 2.45) is 0 Å². The Hall–Kier alpha value is -0.350. The summed E-state index contributed by atoms with van der Waals surface area (Å²) in [4.78, 5) is 11.1. The summed E-state index contributed by atoms with van der Waals surface area (Å²) in [6.45, 7) is 1.96. The van der Waals surface area contributed by atoms with Gasteiger partial charge in [0, 0.05) is 4.47 Å². The molecule has 0 bridgehead atoms. The number of amides is 1. The minimum atomic E-state index is 0.000388. The molecule has 4 heteroatoms. The summed E-state index contributed by atoms with van der Waals surface area (Å²) in [6.07, 6.45) is 0. The van der Waals surface area contributed by atoms with Crippen LogP contribution in [0.15, 0.2) is 28.7 Å². The highest BCUT2D eigenvalue weighted by atomic mass is 79.9. The van der Waals surface area contributed by atoms with E-state index in [2.05, 4.69) is 37.2 Å². The Morgan fingerprint density at radius 1 is 1.43 bits per heavy atom. The topological polar surface area (TPSA) is 29.1 Å². The van der Waals surface area contributed by atoms with Gasteiger partial charge in [-0.2, -0.15) is 0 Å². The fourth-order valence-corrected chi connectivity index (χ4v) is 1.54. The first-order chi connectivity index (χ1) is 6.63. The van der Waals surface area contributed by atoms with Gasteiger partial charge in [-0.05, 0) is 24.6 Å². The lowest BCUT2D eigenvalue weighted by atomic mass is 10.1. The first kappa shape index (κ1) is 11.7. The highest BCUT2D eigenvalue weighted by Gasteiger charge is 2.07. The van der Waals surface area contributed by atoms with Gasteiger partial charge in [-0.15, -0.1) is 0 Å². The molecule has 0 aliphatic rings. The Morgan fingerprint density at radius 3 is 2.50 bits per heavy atom. The number of carbonyl (C=O) groups is 1. The van der Waals surface area contributed by atoms with E-state index in [1.165, 1.54) is 0 Å². The van der Waals surface area contributed by atoms with E-state index < -0.39 is 0 Å². The monoisotopic (exact) mass is 319 g/mol. The van der Waals surface area contributed by atoms with E-state index >= 15 is 0 Å². The van der Waals surface area contributed by atoms with Gasteiger partial charge in [0.2, 0.25) is 5.91 Å². The maximum atomic E-state index is 11.1. The van der Waals surface area contributed by atoms with Crippen LogP contribution in [0.1, 0.15) is 18.5 Å². The quantitative estimate of drug-likeness (QED) is 0.852. The van der Waals surface area contributed by atoms with Crippen LogP contribution in [-0.4, -0.2) is 11.2 Å². The minimum Gasteiger partial charge on any atom is -0.349 e. The van der Waals surface area contributed by atoms with E-state index in [1.807, 2.05) is 31.2 Å². The summed E-state index contributed by atoms with van der Waals surface area (Å²) in [5, 5.41) is 3.21. The van der Waals surface area contributed by atoms with Gasteiger partial charge in [-0.3, -0.25) is 4.79 Å². The number of carbonyl (C=O) groups excluding carboxylic acids is 1. The molecule has 0 aliphatic heterocycles. The van der Waals surface area contributed by atoms with Gasteiger partial charge in [0.05, 0.1) is 11.4 Å². The molecule has 0 spiro atoms. The molecule has 1 unspecified atom stereocenters. The normalized spacial score (nSPS) is 12.2. The second kappa shape index (κ2) is 5.51. The van der Waals surface area contributed by atoms with Crippen molar-refractivity contribution < 1.29 is 4.79 Å². The molecule has 14 heavy (non-hydrogen) atoms. The Morgan fingerprint density at radius 2 is 2.00 bits per heavy atom. The van der Waals surface area contributed by atoms with Crippen molar-refractivity contribution in [3.8, 4) is 0 Å². The van der Waals surface area contributed by atoms with Crippen molar-refractivity contribution in [3.05, 3.63) is 34.3 Å². The Labute approximate surface area is 100 Å². The number of halogens is 2. The average molecular weight is 321 g/mol. The zero-order chi connectivity index (χ0) is 10.6. The van der Waals surface area contributed by atoms with E-state index in [-0.39, 0.29) is 11.9 Å². The van der Waals surface area contributed by atoms with Gasteiger partial charge < -0.3 is 5.32 Å². The molecular formula is C10H11Br2NO.